The van der Waals surface area contributed by atoms with E-state index in [-0.39, 0.29) is 0 Å². The van der Waals surface area contributed by atoms with Crippen LogP contribution in [0, 0.1) is 0 Å². The lowest BCUT2D eigenvalue weighted by Gasteiger charge is -2.18. The van der Waals surface area contributed by atoms with Gasteiger partial charge in [0.2, 0.25) is 0 Å². The molecule has 0 fully saturated rings. The summed E-state index contributed by atoms with van der Waals surface area (Å²) in [6, 6.07) is 62.9. The van der Waals surface area contributed by atoms with Gasteiger partial charge < -0.3 is 0 Å². The summed E-state index contributed by atoms with van der Waals surface area (Å²) in [5.74, 6) is 0. The van der Waals surface area contributed by atoms with Crippen molar-refractivity contribution in [1.29, 1.82) is 0 Å². The molecule has 6 heterocycles. The van der Waals surface area contributed by atoms with E-state index < -0.39 is 0 Å². The summed E-state index contributed by atoms with van der Waals surface area (Å²) in [6.45, 7) is 0. The molecule has 10 aromatic rings. The first-order valence-electron chi connectivity index (χ1n) is 19.8. The number of nitrogens with zero attached hydrogens (tertiary/aromatic N) is 6. The van der Waals surface area contributed by atoms with Gasteiger partial charge in [0.15, 0.2) is 0 Å². The van der Waals surface area contributed by atoms with Crippen LogP contribution in [-0.2, 0) is 0 Å². The smallest absolute Gasteiger partial charge is 0.0725 e. The van der Waals surface area contributed by atoms with Gasteiger partial charge in [-0.15, -0.1) is 0 Å². The molecule has 0 radical (unpaired) electrons. The topological polar surface area (TPSA) is 77.3 Å². The molecular weight excluding hydrogens is 733 g/mol. The molecule has 60 heavy (non-hydrogen) atoms. The first-order chi connectivity index (χ1) is 29.7. The van der Waals surface area contributed by atoms with Crippen LogP contribution in [0.5, 0.6) is 0 Å². The number of benzene rings is 4. The van der Waals surface area contributed by atoms with E-state index >= 15 is 0 Å². The lowest BCUT2D eigenvalue weighted by molar-refractivity contribution is 1.28. The third-order valence-corrected chi connectivity index (χ3v) is 10.6. The van der Waals surface area contributed by atoms with Crippen LogP contribution in [0.1, 0.15) is 0 Å². The molecule has 10 rings (SSSR count). The van der Waals surface area contributed by atoms with Gasteiger partial charge >= 0.3 is 0 Å². The number of aromatic nitrogens is 6. The van der Waals surface area contributed by atoms with Crippen molar-refractivity contribution in [3.05, 3.63) is 219 Å². The minimum absolute atomic E-state index is 0.870. The molecule has 0 N–H and O–H groups in total. The Morgan fingerprint density at radius 2 is 0.500 bits per heavy atom. The van der Waals surface area contributed by atoms with E-state index in [0.29, 0.717) is 0 Å². The Bertz CT molecular complexity index is 2750. The lowest BCUT2D eigenvalue weighted by atomic mass is 9.87. The molecule has 6 nitrogen and oxygen atoms in total. The second kappa shape index (κ2) is 16.3. The van der Waals surface area contributed by atoms with E-state index in [1.807, 2.05) is 73.2 Å². The SMILES string of the molecule is c1cncc(-c2cccc(-c3ccccc3-c3cc(-c4ccccc4-c4cccc(-c5cccnc5)n4)cc(-c4ccccc4-c4cccc(-c5cccnc5)n4)c3)n2)c1. The van der Waals surface area contributed by atoms with Crippen LogP contribution in [0.3, 0.4) is 0 Å². The molecular formula is C54H36N6. The van der Waals surface area contributed by atoms with Gasteiger partial charge in [-0.05, 0) is 124 Å². The Morgan fingerprint density at radius 3 is 0.783 bits per heavy atom. The van der Waals surface area contributed by atoms with Crippen molar-refractivity contribution in [2.45, 2.75) is 0 Å². The van der Waals surface area contributed by atoms with Crippen LogP contribution < -0.4 is 0 Å². The molecule has 4 aromatic carbocycles. The predicted octanol–water partition coefficient (Wildman–Crippen LogP) is 13.1. The van der Waals surface area contributed by atoms with Gasteiger partial charge in [-0.25, -0.2) is 15.0 Å². The Balaban J connectivity index is 1.17. The number of rotatable bonds is 9. The molecule has 0 atom stereocenters. The first kappa shape index (κ1) is 36.1. The number of hydrogen-bond acceptors (Lipinski definition) is 6. The Hall–Kier alpha value is -8.22. The van der Waals surface area contributed by atoms with E-state index in [9.17, 15) is 0 Å². The molecule has 6 aromatic heterocycles. The zero-order valence-corrected chi connectivity index (χ0v) is 32.5. The van der Waals surface area contributed by atoms with Crippen molar-refractivity contribution < 1.29 is 0 Å². The molecule has 0 aliphatic heterocycles. The van der Waals surface area contributed by atoms with Crippen molar-refractivity contribution in [2.24, 2.45) is 0 Å². The maximum absolute atomic E-state index is 5.17. The Morgan fingerprint density at radius 1 is 0.217 bits per heavy atom. The molecule has 282 valence electrons. The van der Waals surface area contributed by atoms with Gasteiger partial charge in [-0.3, -0.25) is 15.0 Å². The average Bonchev–Trinajstić information content (AvgIpc) is 3.35. The normalized spacial score (nSPS) is 11.0. The zero-order valence-electron chi connectivity index (χ0n) is 32.5. The maximum Gasteiger partial charge on any atom is 0.0725 e. The van der Waals surface area contributed by atoms with Crippen LogP contribution in [0.25, 0.3) is 101 Å². The second-order valence-electron chi connectivity index (χ2n) is 14.4. The summed E-state index contributed by atoms with van der Waals surface area (Å²) < 4.78 is 0. The molecule has 0 amide bonds. The standard InChI is InChI=1S/C54H36N6/c1-4-19-46(52-25-7-22-49(58-52)37-13-10-28-55-34-37)43(16-1)40-31-41(44-17-2-5-20-47(44)53-26-8-23-50(59-53)38-14-11-29-56-35-38)33-42(32-40)45-18-3-6-21-48(45)54-27-9-24-51(60-54)39-15-12-30-57-36-39/h1-36H. The maximum atomic E-state index is 5.17. The highest BCUT2D eigenvalue weighted by Crippen LogP contribution is 2.42. The van der Waals surface area contributed by atoms with Crippen LogP contribution in [0.2, 0.25) is 0 Å². The molecule has 0 aliphatic carbocycles. The van der Waals surface area contributed by atoms with Gasteiger partial charge in [-0.1, -0.05) is 91.0 Å². The van der Waals surface area contributed by atoms with E-state index in [1.165, 1.54) is 0 Å². The molecule has 6 heteroatoms. The van der Waals surface area contributed by atoms with E-state index in [1.54, 1.807) is 18.6 Å². The zero-order chi connectivity index (χ0) is 40.1. The molecule has 0 aliphatic rings. The second-order valence-corrected chi connectivity index (χ2v) is 14.4. The fourth-order valence-corrected chi connectivity index (χ4v) is 7.75. The van der Waals surface area contributed by atoms with Crippen molar-refractivity contribution in [2.75, 3.05) is 0 Å². The Kier molecular flexibility index (Phi) is 9.84. The van der Waals surface area contributed by atoms with Crippen LogP contribution in [0.15, 0.2) is 219 Å². The fourth-order valence-electron chi connectivity index (χ4n) is 7.75. The minimum atomic E-state index is 0.870. The summed E-state index contributed by atoms with van der Waals surface area (Å²) in [4.78, 5) is 28.6. The summed E-state index contributed by atoms with van der Waals surface area (Å²) in [5.41, 5.74) is 17.6. The monoisotopic (exact) mass is 768 g/mol. The van der Waals surface area contributed by atoms with Crippen molar-refractivity contribution in [3.63, 3.8) is 0 Å². The Labute approximate surface area is 348 Å². The van der Waals surface area contributed by atoms with Gasteiger partial charge in [-0.2, -0.15) is 0 Å². The first-order valence-corrected chi connectivity index (χ1v) is 19.8. The molecule has 0 saturated heterocycles. The quantitative estimate of drug-likeness (QED) is 0.145. The third-order valence-electron chi connectivity index (χ3n) is 10.6. The third kappa shape index (κ3) is 7.37. The van der Waals surface area contributed by atoms with Crippen LogP contribution >= 0.6 is 0 Å². The van der Waals surface area contributed by atoms with Gasteiger partial charge in [0, 0.05) is 70.6 Å². The predicted molar refractivity (Wildman–Crippen MR) is 242 cm³/mol. The van der Waals surface area contributed by atoms with E-state index in [2.05, 4.69) is 142 Å². The minimum Gasteiger partial charge on any atom is -0.264 e. The molecule has 0 spiro atoms. The number of hydrogen-bond donors (Lipinski definition) is 0. The molecule has 0 saturated carbocycles. The van der Waals surface area contributed by atoms with E-state index in [4.69, 9.17) is 15.0 Å². The highest BCUT2D eigenvalue weighted by atomic mass is 14.7. The van der Waals surface area contributed by atoms with Gasteiger partial charge in [0.1, 0.15) is 0 Å². The molecule has 0 unspecified atom stereocenters. The molecule has 0 bridgehead atoms. The summed E-state index contributed by atoms with van der Waals surface area (Å²) in [7, 11) is 0. The van der Waals surface area contributed by atoms with Crippen LogP contribution in [-0.4, -0.2) is 29.9 Å². The fraction of sp³-hybridized carbons (Fsp3) is 0. The van der Waals surface area contributed by atoms with Crippen molar-refractivity contribution in [3.8, 4) is 101 Å². The largest absolute Gasteiger partial charge is 0.264 e. The average molecular weight is 769 g/mol. The van der Waals surface area contributed by atoms with Crippen molar-refractivity contribution in [1.82, 2.24) is 29.9 Å². The van der Waals surface area contributed by atoms with E-state index in [0.717, 1.165) is 101 Å². The summed E-state index contributed by atoms with van der Waals surface area (Å²) >= 11 is 0. The van der Waals surface area contributed by atoms with Crippen molar-refractivity contribution >= 4 is 0 Å². The highest BCUT2D eigenvalue weighted by Gasteiger charge is 2.18. The highest BCUT2D eigenvalue weighted by molar-refractivity contribution is 5.93. The van der Waals surface area contributed by atoms with Crippen LogP contribution in [0.4, 0.5) is 0 Å². The number of pyridine rings is 6. The summed E-state index contributed by atoms with van der Waals surface area (Å²) in [5, 5.41) is 0. The summed E-state index contributed by atoms with van der Waals surface area (Å²) in [6.07, 6.45) is 10.9. The van der Waals surface area contributed by atoms with Gasteiger partial charge in [0.05, 0.1) is 34.2 Å². The lowest BCUT2D eigenvalue weighted by Crippen LogP contribution is -1.95. The van der Waals surface area contributed by atoms with Gasteiger partial charge in [0.25, 0.3) is 0 Å².